The van der Waals surface area contributed by atoms with Gasteiger partial charge in [-0.05, 0) is 55.7 Å². The Morgan fingerprint density at radius 2 is 1.90 bits per heavy atom. The number of halogens is 2. The summed E-state index contributed by atoms with van der Waals surface area (Å²) in [7, 11) is -3.67. The van der Waals surface area contributed by atoms with Gasteiger partial charge in [0.05, 0.1) is 23.3 Å². The molecule has 160 valence electrons. The first-order chi connectivity index (χ1) is 14.1. The monoisotopic (exact) mass is 467 g/mol. The number of imidazole rings is 1. The van der Waals surface area contributed by atoms with Crippen LogP contribution in [0.5, 0.6) is 0 Å². The van der Waals surface area contributed by atoms with Gasteiger partial charge < -0.3 is 4.57 Å². The number of carbonyl (C=O) groups excluding carboxylic acids is 1. The van der Waals surface area contributed by atoms with Crippen molar-refractivity contribution >= 4 is 50.2 Å². The van der Waals surface area contributed by atoms with E-state index >= 15 is 0 Å². The number of hydrogen-bond acceptors (Lipinski definition) is 4. The van der Waals surface area contributed by atoms with Crippen molar-refractivity contribution in [2.45, 2.75) is 40.2 Å². The van der Waals surface area contributed by atoms with E-state index in [4.69, 9.17) is 23.2 Å². The Morgan fingerprint density at radius 1 is 1.17 bits per heavy atom. The van der Waals surface area contributed by atoms with Gasteiger partial charge in [0.25, 0.3) is 5.91 Å². The van der Waals surface area contributed by atoms with E-state index in [-0.39, 0.29) is 11.3 Å². The number of rotatable bonds is 7. The van der Waals surface area contributed by atoms with Gasteiger partial charge in [-0.1, -0.05) is 42.6 Å². The highest BCUT2D eigenvalue weighted by atomic mass is 35.5. The summed E-state index contributed by atoms with van der Waals surface area (Å²) >= 11 is 12.3. The molecule has 0 fully saturated rings. The van der Waals surface area contributed by atoms with Gasteiger partial charge in [0.2, 0.25) is 10.0 Å². The SMILES string of the molecule is CCCCS(=O)(=O)NC(=O)c1cc(C)c2nc(C)n(Cc3ccc(Cl)cc3Cl)c2c1. The number of carbonyl (C=O) groups is 1. The maximum Gasteiger partial charge on any atom is 0.264 e. The number of unbranched alkanes of at least 4 members (excludes halogenated alkanes) is 1. The van der Waals surface area contributed by atoms with Crippen LogP contribution in [0, 0.1) is 13.8 Å². The Balaban J connectivity index is 1.99. The van der Waals surface area contributed by atoms with E-state index in [0.29, 0.717) is 23.0 Å². The summed E-state index contributed by atoms with van der Waals surface area (Å²) in [6, 6.07) is 8.61. The van der Waals surface area contributed by atoms with Crippen LogP contribution in [0.15, 0.2) is 30.3 Å². The summed E-state index contributed by atoms with van der Waals surface area (Å²) in [4.78, 5) is 17.2. The van der Waals surface area contributed by atoms with Crippen molar-refractivity contribution in [3.63, 3.8) is 0 Å². The fraction of sp³-hybridized carbons (Fsp3) is 0.333. The van der Waals surface area contributed by atoms with Crippen molar-refractivity contribution in [2.75, 3.05) is 5.75 Å². The zero-order valence-electron chi connectivity index (χ0n) is 17.0. The van der Waals surface area contributed by atoms with Crippen LogP contribution >= 0.6 is 23.2 Å². The van der Waals surface area contributed by atoms with Gasteiger partial charge in [-0.25, -0.2) is 18.1 Å². The topological polar surface area (TPSA) is 81.1 Å². The van der Waals surface area contributed by atoms with Crippen LogP contribution in [-0.2, 0) is 16.6 Å². The molecule has 1 aromatic heterocycles. The second-order valence-electron chi connectivity index (χ2n) is 7.25. The average molecular weight is 468 g/mol. The minimum atomic E-state index is -3.67. The summed E-state index contributed by atoms with van der Waals surface area (Å²) in [5, 5.41) is 1.09. The minimum Gasteiger partial charge on any atom is -0.324 e. The summed E-state index contributed by atoms with van der Waals surface area (Å²) in [5.41, 5.74) is 3.40. The first-order valence-electron chi connectivity index (χ1n) is 9.57. The molecule has 3 aromatic rings. The van der Waals surface area contributed by atoms with Gasteiger partial charge in [0.15, 0.2) is 0 Å². The quantitative estimate of drug-likeness (QED) is 0.537. The standard InChI is InChI=1S/C21H23Cl2N3O3S/c1-4-5-8-30(28,29)25-21(27)16-9-13(2)20-19(10-16)26(14(3)24-20)12-15-6-7-17(22)11-18(15)23/h6-7,9-11H,4-5,8,12H2,1-3H3,(H,25,27). The van der Waals surface area contributed by atoms with Crippen molar-refractivity contribution in [2.24, 2.45) is 0 Å². The van der Waals surface area contributed by atoms with Crippen molar-refractivity contribution in [3.8, 4) is 0 Å². The molecule has 0 aliphatic carbocycles. The zero-order valence-corrected chi connectivity index (χ0v) is 19.3. The lowest BCUT2D eigenvalue weighted by molar-refractivity contribution is 0.0981. The number of fused-ring (bicyclic) bond motifs is 1. The van der Waals surface area contributed by atoms with Gasteiger partial charge in [-0.3, -0.25) is 4.79 Å². The maximum absolute atomic E-state index is 12.6. The normalized spacial score (nSPS) is 11.8. The molecular weight excluding hydrogens is 445 g/mol. The third kappa shape index (κ3) is 4.96. The van der Waals surface area contributed by atoms with Crippen molar-refractivity contribution in [3.05, 3.63) is 62.9 Å². The lowest BCUT2D eigenvalue weighted by atomic mass is 10.1. The van der Waals surface area contributed by atoms with E-state index in [1.807, 2.05) is 31.4 Å². The lowest BCUT2D eigenvalue weighted by Gasteiger charge is -2.11. The largest absolute Gasteiger partial charge is 0.324 e. The molecule has 0 radical (unpaired) electrons. The Kier molecular flexibility index (Phi) is 6.75. The molecule has 0 aliphatic heterocycles. The fourth-order valence-electron chi connectivity index (χ4n) is 3.25. The first kappa shape index (κ1) is 22.6. The fourth-order valence-corrected chi connectivity index (χ4v) is 4.88. The molecule has 0 saturated heterocycles. The van der Waals surface area contributed by atoms with Crippen LogP contribution in [0.1, 0.15) is 47.1 Å². The Morgan fingerprint density at radius 3 is 2.57 bits per heavy atom. The number of hydrogen-bond donors (Lipinski definition) is 1. The molecule has 6 nitrogen and oxygen atoms in total. The summed E-state index contributed by atoms with van der Waals surface area (Å²) < 4.78 is 28.4. The molecule has 1 amide bonds. The Labute approximate surface area is 186 Å². The lowest BCUT2D eigenvalue weighted by Crippen LogP contribution is -2.32. The van der Waals surface area contributed by atoms with E-state index in [9.17, 15) is 13.2 Å². The molecule has 0 spiro atoms. The molecule has 0 unspecified atom stereocenters. The molecule has 1 N–H and O–H groups in total. The summed E-state index contributed by atoms with van der Waals surface area (Å²) in [6.45, 7) is 6.05. The Hall–Kier alpha value is -2.09. The molecule has 1 heterocycles. The predicted octanol–water partition coefficient (Wildman–Crippen LogP) is 4.87. The number of sulfonamides is 1. The third-order valence-corrected chi connectivity index (χ3v) is 6.77. The minimum absolute atomic E-state index is 0.0808. The van der Waals surface area contributed by atoms with Crippen LogP contribution in [0.25, 0.3) is 11.0 Å². The van der Waals surface area contributed by atoms with Gasteiger partial charge in [-0.15, -0.1) is 0 Å². The van der Waals surface area contributed by atoms with Gasteiger partial charge in [0, 0.05) is 15.6 Å². The number of aromatic nitrogens is 2. The van der Waals surface area contributed by atoms with E-state index in [1.165, 1.54) is 0 Å². The van der Waals surface area contributed by atoms with Crippen molar-refractivity contribution in [1.29, 1.82) is 0 Å². The Bertz CT molecular complexity index is 1220. The summed E-state index contributed by atoms with van der Waals surface area (Å²) in [5.74, 6) is 0.0287. The van der Waals surface area contributed by atoms with Crippen molar-refractivity contribution < 1.29 is 13.2 Å². The molecule has 0 bridgehead atoms. The van der Waals surface area contributed by atoms with Crippen LogP contribution in [0.3, 0.4) is 0 Å². The van der Waals surface area contributed by atoms with Crippen LogP contribution < -0.4 is 4.72 Å². The summed E-state index contributed by atoms with van der Waals surface area (Å²) in [6.07, 6.45) is 1.22. The van der Waals surface area contributed by atoms with Crippen LogP contribution in [0.4, 0.5) is 0 Å². The van der Waals surface area contributed by atoms with Gasteiger partial charge >= 0.3 is 0 Å². The zero-order chi connectivity index (χ0) is 22.1. The molecular formula is C21H23Cl2N3O3S. The van der Waals surface area contributed by atoms with E-state index in [2.05, 4.69) is 9.71 Å². The van der Waals surface area contributed by atoms with Gasteiger partial charge in [0.1, 0.15) is 5.82 Å². The molecule has 3 rings (SSSR count). The van der Waals surface area contributed by atoms with E-state index in [1.54, 1.807) is 24.3 Å². The predicted molar refractivity (Wildman–Crippen MR) is 121 cm³/mol. The third-order valence-electron chi connectivity index (χ3n) is 4.86. The number of amides is 1. The number of benzene rings is 2. The van der Waals surface area contributed by atoms with Crippen LogP contribution in [0.2, 0.25) is 10.0 Å². The van der Waals surface area contributed by atoms with Crippen molar-refractivity contribution in [1.82, 2.24) is 14.3 Å². The second-order valence-corrected chi connectivity index (χ2v) is 9.93. The van der Waals surface area contributed by atoms with Crippen LogP contribution in [-0.4, -0.2) is 29.6 Å². The smallest absolute Gasteiger partial charge is 0.264 e. The highest BCUT2D eigenvalue weighted by Crippen LogP contribution is 2.26. The van der Waals surface area contributed by atoms with E-state index < -0.39 is 15.9 Å². The van der Waals surface area contributed by atoms with E-state index in [0.717, 1.165) is 34.4 Å². The number of aryl methyl sites for hydroxylation is 2. The molecule has 30 heavy (non-hydrogen) atoms. The highest BCUT2D eigenvalue weighted by molar-refractivity contribution is 7.90. The average Bonchev–Trinajstić information content (AvgIpc) is 2.98. The molecule has 0 aliphatic rings. The number of nitrogens with one attached hydrogen (secondary N) is 1. The second kappa shape index (κ2) is 8.96. The molecule has 0 atom stereocenters. The highest BCUT2D eigenvalue weighted by Gasteiger charge is 2.19. The maximum atomic E-state index is 12.6. The molecule has 9 heteroatoms. The number of nitrogens with zero attached hydrogens (tertiary/aromatic N) is 2. The first-order valence-corrected chi connectivity index (χ1v) is 12.0. The molecule has 0 saturated carbocycles. The molecule has 2 aromatic carbocycles. The van der Waals surface area contributed by atoms with Gasteiger partial charge in [-0.2, -0.15) is 0 Å².